The lowest BCUT2D eigenvalue weighted by Gasteiger charge is -2.18. The van der Waals surface area contributed by atoms with Gasteiger partial charge in [-0.15, -0.1) is 0 Å². The topological polar surface area (TPSA) is 65.0 Å². The summed E-state index contributed by atoms with van der Waals surface area (Å²) in [4.78, 5) is 11.7. The lowest BCUT2D eigenvalue weighted by molar-refractivity contribution is -0.145. The van der Waals surface area contributed by atoms with E-state index in [1.54, 1.807) is 31.4 Å². The number of hydrogen-bond acceptors (Lipinski definition) is 4. The first-order chi connectivity index (χ1) is 13.2. The van der Waals surface area contributed by atoms with Gasteiger partial charge in [0.15, 0.2) is 6.10 Å². The second kappa shape index (κ2) is 8.76. The van der Waals surface area contributed by atoms with Gasteiger partial charge in [-0.1, -0.05) is 42.5 Å². The Hall–Kier alpha value is -3.47. The standard InChI is InChI=1S/C22H20O5/c1-25-18-11-7-12-19(15-18)27-21(22(23)24)14-16-8-5-6-13-20(16)26-17-9-3-2-4-10-17/h2-13,15,21H,14H2,1H3,(H,23,24)/t21-/m0/s1. The Kier molecular flexibility index (Phi) is 5.94. The molecule has 0 aliphatic carbocycles. The Morgan fingerprint density at radius 3 is 2.30 bits per heavy atom. The van der Waals surface area contributed by atoms with E-state index >= 15 is 0 Å². The molecule has 0 aliphatic rings. The van der Waals surface area contributed by atoms with E-state index in [0.717, 1.165) is 5.56 Å². The minimum atomic E-state index is -1.06. The van der Waals surface area contributed by atoms with Gasteiger partial charge >= 0.3 is 5.97 Å². The van der Waals surface area contributed by atoms with Gasteiger partial charge in [-0.3, -0.25) is 0 Å². The van der Waals surface area contributed by atoms with Crippen LogP contribution < -0.4 is 14.2 Å². The van der Waals surface area contributed by atoms with Crippen LogP contribution in [0.3, 0.4) is 0 Å². The molecule has 3 aromatic rings. The fourth-order valence-electron chi connectivity index (χ4n) is 2.61. The largest absolute Gasteiger partial charge is 0.497 e. The highest BCUT2D eigenvalue weighted by atomic mass is 16.5. The predicted octanol–water partition coefficient (Wildman–Crippen LogP) is 4.56. The fraction of sp³-hybridized carbons (Fsp3) is 0.136. The zero-order valence-corrected chi connectivity index (χ0v) is 14.9. The number of carbonyl (C=O) groups is 1. The number of hydrogen-bond donors (Lipinski definition) is 1. The SMILES string of the molecule is COc1cccc(O[C@@H](Cc2ccccc2Oc2ccccc2)C(=O)O)c1. The van der Waals surface area contributed by atoms with Crippen LogP contribution in [0.15, 0.2) is 78.9 Å². The van der Waals surface area contributed by atoms with Crippen molar-refractivity contribution in [1.82, 2.24) is 0 Å². The second-order valence-electron chi connectivity index (χ2n) is 5.85. The molecule has 0 saturated carbocycles. The van der Waals surface area contributed by atoms with Crippen molar-refractivity contribution < 1.29 is 24.1 Å². The number of aliphatic carboxylic acids is 1. The molecule has 1 atom stereocenters. The third-order valence-electron chi connectivity index (χ3n) is 3.94. The quantitative estimate of drug-likeness (QED) is 0.635. The van der Waals surface area contributed by atoms with Crippen LogP contribution in [0.4, 0.5) is 0 Å². The average molecular weight is 364 g/mol. The number of benzene rings is 3. The van der Waals surface area contributed by atoms with E-state index in [9.17, 15) is 9.90 Å². The van der Waals surface area contributed by atoms with Crippen LogP contribution in [0.5, 0.6) is 23.0 Å². The Balaban J connectivity index is 1.79. The van der Waals surface area contributed by atoms with E-state index in [-0.39, 0.29) is 6.42 Å². The summed E-state index contributed by atoms with van der Waals surface area (Å²) in [5.74, 6) is 1.27. The minimum absolute atomic E-state index is 0.162. The normalized spacial score (nSPS) is 11.4. The molecule has 3 aromatic carbocycles. The molecular formula is C22H20O5. The van der Waals surface area contributed by atoms with Crippen LogP contribution in [0, 0.1) is 0 Å². The van der Waals surface area contributed by atoms with E-state index in [1.807, 2.05) is 54.6 Å². The molecule has 0 heterocycles. The Morgan fingerprint density at radius 1 is 0.889 bits per heavy atom. The Labute approximate surface area is 157 Å². The van der Waals surface area contributed by atoms with E-state index < -0.39 is 12.1 Å². The van der Waals surface area contributed by atoms with E-state index in [0.29, 0.717) is 23.0 Å². The fourth-order valence-corrected chi connectivity index (χ4v) is 2.61. The molecule has 0 spiro atoms. The maximum absolute atomic E-state index is 11.7. The molecule has 3 rings (SSSR count). The van der Waals surface area contributed by atoms with Crippen LogP contribution in [0.2, 0.25) is 0 Å². The molecule has 0 saturated heterocycles. The van der Waals surface area contributed by atoms with Gasteiger partial charge < -0.3 is 19.3 Å². The summed E-state index contributed by atoms with van der Waals surface area (Å²) in [5.41, 5.74) is 0.747. The van der Waals surface area contributed by atoms with Crippen molar-refractivity contribution in [3.8, 4) is 23.0 Å². The highest BCUT2D eigenvalue weighted by Gasteiger charge is 2.22. The van der Waals surface area contributed by atoms with Gasteiger partial charge in [-0.2, -0.15) is 0 Å². The molecule has 138 valence electrons. The molecule has 27 heavy (non-hydrogen) atoms. The van der Waals surface area contributed by atoms with Crippen molar-refractivity contribution in [2.75, 3.05) is 7.11 Å². The summed E-state index contributed by atoms with van der Waals surface area (Å²) >= 11 is 0. The third kappa shape index (κ3) is 5.01. The Bertz CT molecular complexity index is 892. The molecule has 5 heteroatoms. The smallest absolute Gasteiger partial charge is 0.345 e. The first-order valence-electron chi connectivity index (χ1n) is 8.50. The summed E-state index contributed by atoms with van der Waals surface area (Å²) in [6, 6.07) is 23.6. The van der Waals surface area contributed by atoms with Crippen molar-refractivity contribution in [1.29, 1.82) is 0 Å². The van der Waals surface area contributed by atoms with Crippen molar-refractivity contribution in [3.63, 3.8) is 0 Å². The van der Waals surface area contributed by atoms with Gasteiger partial charge in [0.1, 0.15) is 23.0 Å². The summed E-state index contributed by atoms with van der Waals surface area (Å²) < 4.78 is 16.8. The number of para-hydroxylation sites is 2. The molecule has 0 radical (unpaired) electrons. The lowest BCUT2D eigenvalue weighted by Crippen LogP contribution is -2.29. The van der Waals surface area contributed by atoms with Gasteiger partial charge in [0.05, 0.1) is 7.11 Å². The minimum Gasteiger partial charge on any atom is -0.497 e. The number of carboxylic acids is 1. The van der Waals surface area contributed by atoms with Crippen LogP contribution in [-0.4, -0.2) is 24.3 Å². The zero-order chi connectivity index (χ0) is 19.1. The van der Waals surface area contributed by atoms with Crippen LogP contribution >= 0.6 is 0 Å². The average Bonchev–Trinajstić information content (AvgIpc) is 2.70. The maximum Gasteiger partial charge on any atom is 0.345 e. The molecule has 1 N–H and O–H groups in total. The number of methoxy groups -OCH3 is 1. The van der Waals surface area contributed by atoms with Crippen LogP contribution in [0.1, 0.15) is 5.56 Å². The monoisotopic (exact) mass is 364 g/mol. The van der Waals surface area contributed by atoms with Gasteiger partial charge in [-0.05, 0) is 35.9 Å². The molecule has 0 fully saturated rings. The highest BCUT2D eigenvalue weighted by molar-refractivity contribution is 5.73. The maximum atomic E-state index is 11.7. The van der Waals surface area contributed by atoms with Gasteiger partial charge in [0.25, 0.3) is 0 Å². The first kappa shape index (κ1) is 18.3. The predicted molar refractivity (Wildman–Crippen MR) is 102 cm³/mol. The Morgan fingerprint density at radius 2 is 1.56 bits per heavy atom. The third-order valence-corrected chi connectivity index (χ3v) is 3.94. The molecule has 0 aromatic heterocycles. The van der Waals surface area contributed by atoms with E-state index in [1.165, 1.54) is 0 Å². The zero-order valence-electron chi connectivity index (χ0n) is 14.9. The van der Waals surface area contributed by atoms with Gasteiger partial charge in [0.2, 0.25) is 0 Å². The van der Waals surface area contributed by atoms with Crippen molar-refractivity contribution in [2.45, 2.75) is 12.5 Å². The van der Waals surface area contributed by atoms with Gasteiger partial charge in [-0.25, -0.2) is 4.79 Å². The van der Waals surface area contributed by atoms with E-state index in [4.69, 9.17) is 14.2 Å². The molecule has 0 bridgehead atoms. The summed E-state index contributed by atoms with van der Waals surface area (Å²) in [6.45, 7) is 0. The van der Waals surface area contributed by atoms with Crippen molar-refractivity contribution in [2.24, 2.45) is 0 Å². The molecule has 0 aliphatic heterocycles. The van der Waals surface area contributed by atoms with Crippen LogP contribution in [0.25, 0.3) is 0 Å². The van der Waals surface area contributed by atoms with Crippen molar-refractivity contribution >= 4 is 5.97 Å². The molecule has 5 nitrogen and oxygen atoms in total. The lowest BCUT2D eigenvalue weighted by atomic mass is 10.1. The molecule has 0 amide bonds. The number of carboxylic acid groups (broad SMARTS) is 1. The van der Waals surface area contributed by atoms with Crippen molar-refractivity contribution in [3.05, 3.63) is 84.4 Å². The van der Waals surface area contributed by atoms with Gasteiger partial charge in [0, 0.05) is 12.5 Å². The first-order valence-corrected chi connectivity index (χ1v) is 8.50. The second-order valence-corrected chi connectivity index (χ2v) is 5.85. The number of rotatable bonds is 8. The molecular weight excluding hydrogens is 344 g/mol. The summed E-state index contributed by atoms with van der Waals surface area (Å²) in [6.07, 6.45) is -0.895. The van der Waals surface area contributed by atoms with E-state index in [2.05, 4.69) is 0 Å². The van der Waals surface area contributed by atoms with Crippen LogP contribution in [-0.2, 0) is 11.2 Å². The summed E-state index contributed by atoms with van der Waals surface area (Å²) in [7, 11) is 1.55. The molecule has 0 unspecified atom stereocenters. The summed E-state index contributed by atoms with van der Waals surface area (Å²) in [5, 5.41) is 9.61. The number of ether oxygens (including phenoxy) is 3. The highest BCUT2D eigenvalue weighted by Crippen LogP contribution is 2.27.